The number of rotatable bonds is 2. The normalized spacial score (nSPS) is 34.8. The second-order valence-corrected chi connectivity index (χ2v) is 4.48. The highest BCUT2D eigenvalue weighted by molar-refractivity contribution is 5.83. The molecule has 0 aromatic rings. The number of hydroxylamine groups is 2. The SMILES string of the molecule is COC(=O)[C@]1(C)CC[C@@](C)(C(=O)OC)[NH+]1[O-]. The zero-order chi connectivity index (χ0) is 12.6. The van der Waals surface area contributed by atoms with Crippen LogP contribution in [-0.4, -0.2) is 37.2 Å². The van der Waals surface area contributed by atoms with Gasteiger partial charge in [-0.25, -0.2) is 9.59 Å². The molecule has 1 aliphatic heterocycles. The molecule has 0 spiro atoms. The number of carbonyl (C=O) groups is 2. The van der Waals surface area contributed by atoms with Gasteiger partial charge in [0.1, 0.15) is 0 Å². The number of esters is 2. The van der Waals surface area contributed by atoms with Crippen molar-refractivity contribution < 1.29 is 24.1 Å². The molecule has 1 rings (SSSR count). The van der Waals surface area contributed by atoms with Crippen LogP contribution in [0.15, 0.2) is 0 Å². The fraction of sp³-hybridized carbons (Fsp3) is 0.800. The average Bonchev–Trinajstić information content (AvgIpc) is 2.54. The highest BCUT2D eigenvalue weighted by Gasteiger charge is 2.59. The van der Waals surface area contributed by atoms with Gasteiger partial charge in [0.05, 0.1) is 14.2 Å². The Kier molecular flexibility index (Phi) is 3.25. The van der Waals surface area contributed by atoms with Gasteiger partial charge >= 0.3 is 11.9 Å². The summed E-state index contributed by atoms with van der Waals surface area (Å²) in [6, 6.07) is 0. The van der Waals surface area contributed by atoms with Gasteiger partial charge in [-0.3, -0.25) is 0 Å². The molecule has 0 aliphatic carbocycles. The summed E-state index contributed by atoms with van der Waals surface area (Å²) in [5, 5.41) is 11.7. The standard InChI is InChI=1S/C10H17NO5/c1-9(7(12)15-3)5-6-10(2,11(9)14)8(13)16-4/h11H,5-6H2,1-4H3/t9-,10-/m0/s1. The third-order valence-electron chi connectivity index (χ3n) is 3.40. The summed E-state index contributed by atoms with van der Waals surface area (Å²) in [6.07, 6.45) is 0.619. The summed E-state index contributed by atoms with van der Waals surface area (Å²) >= 11 is 0. The van der Waals surface area contributed by atoms with Crippen molar-refractivity contribution >= 4 is 11.9 Å². The van der Waals surface area contributed by atoms with Crippen LogP contribution in [0.2, 0.25) is 0 Å². The van der Waals surface area contributed by atoms with E-state index in [2.05, 4.69) is 9.47 Å². The van der Waals surface area contributed by atoms with Crippen molar-refractivity contribution in [2.24, 2.45) is 0 Å². The van der Waals surface area contributed by atoms with E-state index in [4.69, 9.17) is 0 Å². The van der Waals surface area contributed by atoms with Crippen molar-refractivity contribution in [1.82, 2.24) is 0 Å². The monoisotopic (exact) mass is 231 g/mol. The first-order chi connectivity index (χ1) is 7.32. The van der Waals surface area contributed by atoms with Gasteiger partial charge < -0.3 is 19.7 Å². The van der Waals surface area contributed by atoms with E-state index in [0.29, 0.717) is 12.8 Å². The van der Waals surface area contributed by atoms with Gasteiger partial charge in [0.2, 0.25) is 0 Å². The van der Waals surface area contributed by atoms with E-state index in [0.717, 1.165) is 0 Å². The van der Waals surface area contributed by atoms with Gasteiger partial charge in [0.15, 0.2) is 11.1 Å². The second kappa shape index (κ2) is 4.03. The number of hydrogen-bond donors (Lipinski definition) is 1. The molecule has 1 aliphatic rings. The fourth-order valence-corrected chi connectivity index (χ4v) is 2.18. The summed E-state index contributed by atoms with van der Waals surface area (Å²) < 4.78 is 9.20. The van der Waals surface area contributed by atoms with Crippen LogP contribution in [-0.2, 0) is 19.1 Å². The van der Waals surface area contributed by atoms with Crippen LogP contribution in [0.5, 0.6) is 0 Å². The van der Waals surface area contributed by atoms with Gasteiger partial charge in [-0.15, -0.1) is 0 Å². The number of ether oxygens (including phenoxy) is 2. The maximum absolute atomic E-state index is 12.1. The summed E-state index contributed by atoms with van der Waals surface area (Å²) in [4.78, 5) is 23.1. The van der Waals surface area contributed by atoms with E-state index in [9.17, 15) is 14.8 Å². The molecule has 0 aromatic heterocycles. The van der Waals surface area contributed by atoms with Crippen molar-refractivity contribution in [2.45, 2.75) is 37.8 Å². The maximum Gasteiger partial charge on any atom is 0.367 e. The third-order valence-corrected chi connectivity index (χ3v) is 3.40. The highest BCUT2D eigenvalue weighted by Crippen LogP contribution is 2.26. The number of hydrogen-bond acceptors (Lipinski definition) is 5. The number of carbonyl (C=O) groups excluding carboxylic acids is 2. The first-order valence-corrected chi connectivity index (χ1v) is 5.04. The van der Waals surface area contributed by atoms with Gasteiger partial charge in [0, 0.05) is 26.7 Å². The maximum atomic E-state index is 12.1. The molecule has 0 saturated carbocycles. The Morgan fingerprint density at radius 1 is 1.06 bits per heavy atom. The van der Waals surface area contributed by atoms with Crippen molar-refractivity contribution in [3.8, 4) is 0 Å². The number of quaternary nitrogens is 1. The van der Waals surface area contributed by atoms with E-state index >= 15 is 0 Å². The molecule has 1 fully saturated rings. The van der Waals surface area contributed by atoms with Crippen molar-refractivity contribution in [2.75, 3.05) is 14.2 Å². The van der Waals surface area contributed by atoms with E-state index in [1.54, 1.807) is 0 Å². The number of methoxy groups -OCH3 is 2. The molecular weight excluding hydrogens is 214 g/mol. The van der Waals surface area contributed by atoms with Crippen LogP contribution >= 0.6 is 0 Å². The molecule has 16 heavy (non-hydrogen) atoms. The lowest BCUT2D eigenvalue weighted by Gasteiger charge is -2.40. The average molecular weight is 231 g/mol. The Bertz CT molecular complexity index is 288. The molecule has 0 bridgehead atoms. The van der Waals surface area contributed by atoms with Gasteiger partial charge in [-0.2, -0.15) is 0 Å². The molecule has 1 N–H and O–H groups in total. The van der Waals surface area contributed by atoms with Crippen LogP contribution in [0.1, 0.15) is 26.7 Å². The van der Waals surface area contributed by atoms with Crippen molar-refractivity contribution in [3.63, 3.8) is 0 Å². The molecule has 2 atom stereocenters. The quantitative estimate of drug-likeness (QED) is 0.488. The zero-order valence-corrected chi connectivity index (χ0v) is 9.96. The predicted octanol–water partition coefficient (Wildman–Crippen LogP) is -0.974. The largest absolute Gasteiger partial charge is 0.633 e. The van der Waals surface area contributed by atoms with Gasteiger partial charge in [-0.1, -0.05) is 0 Å². The lowest BCUT2D eigenvalue weighted by Crippen LogP contribution is -3.22. The second-order valence-electron chi connectivity index (χ2n) is 4.48. The lowest BCUT2D eigenvalue weighted by molar-refractivity contribution is -0.917. The smallest absolute Gasteiger partial charge is 0.367 e. The van der Waals surface area contributed by atoms with Crippen LogP contribution in [0.25, 0.3) is 0 Å². The Morgan fingerprint density at radius 3 is 1.62 bits per heavy atom. The fourth-order valence-electron chi connectivity index (χ4n) is 2.18. The minimum atomic E-state index is -1.22. The van der Waals surface area contributed by atoms with Crippen LogP contribution < -0.4 is 5.06 Å². The molecule has 1 heterocycles. The molecule has 0 radical (unpaired) electrons. The Balaban J connectivity index is 3.01. The minimum absolute atomic E-state index is 0.310. The summed E-state index contributed by atoms with van der Waals surface area (Å²) in [5.74, 6) is -1.18. The number of nitrogens with one attached hydrogen (secondary N) is 1. The third kappa shape index (κ3) is 1.58. The van der Waals surface area contributed by atoms with E-state index in [1.807, 2.05) is 0 Å². The molecule has 0 amide bonds. The minimum Gasteiger partial charge on any atom is -0.633 e. The molecule has 6 nitrogen and oxygen atoms in total. The Labute approximate surface area is 94.1 Å². The zero-order valence-electron chi connectivity index (χ0n) is 9.96. The lowest BCUT2D eigenvalue weighted by atomic mass is 9.98. The van der Waals surface area contributed by atoms with Crippen LogP contribution in [0.4, 0.5) is 0 Å². The summed E-state index contributed by atoms with van der Waals surface area (Å²) in [6.45, 7) is 3.02. The first kappa shape index (κ1) is 12.9. The Morgan fingerprint density at radius 2 is 1.38 bits per heavy atom. The summed E-state index contributed by atoms with van der Waals surface area (Å²) in [5.41, 5.74) is -2.45. The molecule has 6 heteroatoms. The van der Waals surface area contributed by atoms with Gasteiger partial charge in [0.25, 0.3) is 0 Å². The predicted molar refractivity (Wildman–Crippen MR) is 54.4 cm³/mol. The highest BCUT2D eigenvalue weighted by atomic mass is 16.6. The molecule has 1 saturated heterocycles. The molecule has 0 unspecified atom stereocenters. The van der Waals surface area contributed by atoms with E-state index < -0.39 is 28.1 Å². The molecule has 0 aromatic carbocycles. The topological polar surface area (TPSA) is 80.1 Å². The first-order valence-electron chi connectivity index (χ1n) is 5.04. The Hall–Kier alpha value is -1.14. The van der Waals surface area contributed by atoms with E-state index in [-0.39, 0.29) is 0 Å². The summed E-state index contributed by atoms with van der Waals surface area (Å²) in [7, 11) is 2.46. The molecular formula is C10H17NO5. The molecule has 92 valence electrons. The van der Waals surface area contributed by atoms with E-state index in [1.165, 1.54) is 28.1 Å². The van der Waals surface area contributed by atoms with Crippen LogP contribution in [0.3, 0.4) is 0 Å². The van der Waals surface area contributed by atoms with Crippen molar-refractivity contribution in [1.29, 1.82) is 0 Å². The van der Waals surface area contributed by atoms with Crippen molar-refractivity contribution in [3.05, 3.63) is 5.21 Å². The van der Waals surface area contributed by atoms with Gasteiger partial charge in [-0.05, 0) is 0 Å². The van der Waals surface area contributed by atoms with Crippen LogP contribution in [0, 0.1) is 5.21 Å².